The number of imidazole rings is 1. The van der Waals surface area contributed by atoms with E-state index in [0.29, 0.717) is 12.2 Å². The highest BCUT2D eigenvalue weighted by Crippen LogP contribution is 2.13. The minimum Gasteiger partial charge on any atom is -0.478 e. The summed E-state index contributed by atoms with van der Waals surface area (Å²) in [6.07, 6.45) is 3.12. The molecule has 0 radical (unpaired) electrons. The topological polar surface area (TPSA) is 55.1 Å². The van der Waals surface area contributed by atoms with Gasteiger partial charge in [0.2, 0.25) is 0 Å². The Hall–Kier alpha value is -2.36. The van der Waals surface area contributed by atoms with E-state index in [1.807, 2.05) is 30.3 Å². The van der Waals surface area contributed by atoms with Crippen LogP contribution in [0.25, 0.3) is 5.57 Å². The van der Waals surface area contributed by atoms with E-state index in [1.54, 1.807) is 10.9 Å². The molecule has 0 atom stereocenters. The molecule has 2 aromatic rings. The first-order chi connectivity index (χ1) is 8.18. The Balaban J connectivity index is 2.26. The van der Waals surface area contributed by atoms with Crippen LogP contribution in [0.15, 0.2) is 49.4 Å². The van der Waals surface area contributed by atoms with Gasteiger partial charge in [0.15, 0.2) is 0 Å². The van der Waals surface area contributed by atoms with Gasteiger partial charge >= 0.3 is 5.97 Å². The highest BCUT2D eigenvalue weighted by Gasteiger charge is 2.12. The molecule has 4 nitrogen and oxygen atoms in total. The summed E-state index contributed by atoms with van der Waals surface area (Å²) < 4.78 is 1.77. The molecule has 0 aliphatic heterocycles. The molecule has 0 aliphatic carbocycles. The van der Waals surface area contributed by atoms with Crippen molar-refractivity contribution in [2.75, 3.05) is 0 Å². The van der Waals surface area contributed by atoms with E-state index >= 15 is 0 Å². The number of hydrogen-bond acceptors (Lipinski definition) is 2. The monoisotopic (exact) mass is 228 g/mol. The van der Waals surface area contributed by atoms with Crippen LogP contribution < -0.4 is 0 Å². The maximum atomic E-state index is 10.9. The number of carboxylic acids is 1. The smallest absolute Gasteiger partial charge is 0.337 e. The van der Waals surface area contributed by atoms with Crippen molar-refractivity contribution in [3.63, 3.8) is 0 Å². The fraction of sp³-hybridized carbons (Fsp3) is 0.0769. The molecule has 1 heterocycles. The zero-order valence-electron chi connectivity index (χ0n) is 9.21. The zero-order chi connectivity index (χ0) is 12.3. The van der Waals surface area contributed by atoms with Crippen LogP contribution in [0.4, 0.5) is 0 Å². The van der Waals surface area contributed by atoms with Gasteiger partial charge in [0.1, 0.15) is 0 Å². The molecule has 17 heavy (non-hydrogen) atoms. The van der Waals surface area contributed by atoms with Gasteiger partial charge in [-0.15, -0.1) is 0 Å². The Morgan fingerprint density at radius 3 is 2.71 bits per heavy atom. The molecule has 1 N–H and O–H groups in total. The predicted molar refractivity (Wildman–Crippen MR) is 64.4 cm³/mol. The van der Waals surface area contributed by atoms with Crippen molar-refractivity contribution in [3.8, 4) is 0 Å². The Kier molecular flexibility index (Phi) is 3.05. The maximum Gasteiger partial charge on any atom is 0.337 e. The number of carboxylic acid groups (broad SMARTS) is 1. The van der Waals surface area contributed by atoms with Gasteiger partial charge in [-0.2, -0.15) is 0 Å². The minimum atomic E-state index is -1.03. The molecule has 1 aromatic carbocycles. The van der Waals surface area contributed by atoms with Crippen LogP contribution in [0.5, 0.6) is 0 Å². The van der Waals surface area contributed by atoms with Gasteiger partial charge in [-0.25, -0.2) is 9.78 Å². The minimum absolute atomic E-state index is 0.0541. The van der Waals surface area contributed by atoms with E-state index < -0.39 is 5.97 Å². The van der Waals surface area contributed by atoms with Gasteiger partial charge < -0.3 is 9.67 Å². The van der Waals surface area contributed by atoms with E-state index in [1.165, 1.54) is 6.20 Å². The average Bonchev–Trinajstić information content (AvgIpc) is 2.77. The van der Waals surface area contributed by atoms with E-state index in [2.05, 4.69) is 11.6 Å². The van der Waals surface area contributed by atoms with Gasteiger partial charge in [-0.3, -0.25) is 0 Å². The summed E-state index contributed by atoms with van der Waals surface area (Å²) in [5.74, 6) is -1.03. The molecule has 0 saturated carbocycles. The first kappa shape index (κ1) is 11.1. The number of hydrogen-bond donors (Lipinski definition) is 1. The molecular formula is C13H12N2O2. The summed E-state index contributed by atoms with van der Waals surface area (Å²) in [4.78, 5) is 14.8. The molecule has 0 unspecified atom stereocenters. The highest BCUT2D eigenvalue weighted by molar-refractivity contribution is 6.13. The second-order valence-electron chi connectivity index (χ2n) is 3.68. The van der Waals surface area contributed by atoms with Crippen molar-refractivity contribution in [1.29, 1.82) is 0 Å². The van der Waals surface area contributed by atoms with E-state index in [4.69, 9.17) is 5.11 Å². The third-order valence-electron chi connectivity index (χ3n) is 2.48. The summed E-state index contributed by atoms with van der Waals surface area (Å²) in [6, 6.07) is 9.78. The Morgan fingerprint density at radius 2 is 2.06 bits per heavy atom. The van der Waals surface area contributed by atoms with Crippen molar-refractivity contribution >= 4 is 11.5 Å². The Morgan fingerprint density at radius 1 is 1.35 bits per heavy atom. The fourth-order valence-corrected chi connectivity index (χ4v) is 1.59. The van der Waals surface area contributed by atoms with Crippen LogP contribution in [0.2, 0.25) is 0 Å². The summed E-state index contributed by atoms with van der Waals surface area (Å²) >= 11 is 0. The van der Waals surface area contributed by atoms with E-state index in [0.717, 1.165) is 5.56 Å². The number of nitrogens with zero attached hydrogens (tertiary/aromatic N) is 2. The second-order valence-corrected chi connectivity index (χ2v) is 3.68. The quantitative estimate of drug-likeness (QED) is 0.814. The van der Waals surface area contributed by atoms with Gasteiger partial charge in [0, 0.05) is 6.54 Å². The molecular weight excluding hydrogens is 216 g/mol. The first-order valence-electron chi connectivity index (χ1n) is 5.15. The maximum absolute atomic E-state index is 10.9. The zero-order valence-corrected chi connectivity index (χ0v) is 9.21. The van der Waals surface area contributed by atoms with Gasteiger partial charge in [0.05, 0.1) is 23.8 Å². The third kappa shape index (κ3) is 2.42. The number of carbonyl (C=O) groups is 1. The highest BCUT2D eigenvalue weighted by atomic mass is 16.4. The third-order valence-corrected chi connectivity index (χ3v) is 2.48. The lowest BCUT2D eigenvalue weighted by Crippen LogP contribution is -2.06. The molecule has 0 saturated heterocycles. The van der Waals surface area contributed by atoms with Gasteiger partial charge in [-0.1, -0.05) is 36.9 Å². The van der Waals surface area contributed by atoms with Crippen molar-refractivity contribution < 1.29 is 9.90 Å². The molecule has 2 rings (SSSR count). The molecule has 0 fully saturated rings. The standard InChI is InChI=1S/C13H12N2O2/c1-10(13(16)17)12-7-14-9-15(12)8-11-5-3-2-4-6-11/h2-7,9H,1,8H2,(H,16,17). The lowest BCUT2D eigenvalue weighted by molar-refractivity contribution is -0.130. The van der Waals surface area contributed by atoms with Crippen LogP contribution >= 0.6 is 0 Å². The van der Waals surface area contributed by atoms with Crippen LogP contribution in [-0.2, 0) is 11.3 Å². The molecule has 0 amide bonds. The van der Waals surface area contributed by atoms with Crippen LogP contribution in [0.3, 0.4) is 0 Å². The fourth-order valence-electron chi connectivity index (χ4n) is 1.59. The molecule has 0 spiro atoms. The molecule has 1 aromatic heterocycles. The van der Waals surface area contributed by atoms with Crippen LogP contribution in [-0.4, -0.2) is 20.6 Å². The molecule has 0 bridgehead atoms. The lowest BCUT2D eigenvalue weighted by Gasteiger charge is -2.07. The number of benzene rings is 1. The van der Waals surface area contributed by atoms with E-state index in [-0.39, 0.29) is 5.57 Å². The normalized spacial score (nSPS) is 10.1. The van der Waals surface area contributed by atoms with Crippen LogP contribution in [0, 0.1) is 0 Å². The first-order valence-corrected chi connectivity index (χ1v) is 5.15. The van der Waals surface area contributed by atoms with Crippen molar-refractivity contribution in [2.24, 2.45) is 0 Å². The van der Waals surface area contributed by atoms with Gasteiger partial charge in [0.25, 0.3) is 0 Å². The summed E-state index contributed by atoms with van der Waals surface area (Å²) in [5, 5.41) is 8.90. The number of aromatic nitrogens is 2. The van der Waals surface area contributed by atoms with Crippen LogP contribution in [0.1, 0.15) is 11.3 Å². The summed E-state index contributed by atoms with van der Waals surface area (Å²) in [7, 11) is 0. The van der Waals surface area contributed by atoms with Crippen molar-refractivity contribution in [1.82, 2.24) is 9.55 Å². The van der Waals surface area contributed by atoms with Gasteiger partial charge in [-0.05, 0) is 5.56 Å². The lowest BCUT2D eigenvalue weighted by atomic mass is 10.2. The predicted octanol–water partition coefficient (Wildman–Crippen LogP) is 2.03. The summed E-state index contributed by atoms with van der Waals surface area (Å²) in [6.45, 7) is 4.12. The number of aliphatic carboxylic acids is 1. The molecule has 0 aliphatic rings. The number of rotatable bonds is 4. The molecule has 4 heteroatoms. The molecule has 86 valence electrons. The average molecular weight is 228 g/mol. The second kappa shape index (κ2) is 4.65. The largest absolute Gasteiger partial charge is 0.478 e. The summed E-state index contributed by atoms with van der Waals surface area (Å²) in [5.41, 5.74) is 1.67. The Labute approximate surface area is 98.9 Å². The Bertz CT molecular complexity index is 544. The van der Waals surface area contributed by atoms with Crippen molar-refractivity contribution in [3.05, 3.63) is 60.7 Å². The van der Waals surface area contributed by atoms with E-state index in [9.17, 15) is 4.79 Å². The van der Waals surface area contributed by atoms with Crippen molar-refractivity contribution in [2.45, 2.75) is 6.54 Å². The SMILES string of the molecule is C=C(C(=O)O)c1cncn1Cc1ccccc1.